The monoisotopic (exact) mass is 809 g/mol. The van der Waals surface area contributed by atoms with Crippen molar-refractivity contribution in [2.75, 3.05) is 26.2 Å². The van der Waals surface area contributed by atoms with Crippen LogP contribution < -0.4 is 0 Å². The normalized spacial score (nSPS) is 20.9. The number of rotatable bonds is 11. The lowest BCUT2D eigenvalue weighted by atomic mass is 9.74. The maximum Gasteiger partial charge on any atom is 0.302 e. The number of nitrogens with zero attached hydrogens (tertiary/aromatic N) is 3. The van der Waals surface area contributed by atoms with Gasteiger partial charge in [-0.25, -0.2) is 8.42 Å². The Bertz CT molecular complexity index is 2100. The molecule has 0 aliphatic carbocycles. The molecule has 278 valence electrons. The van der Waals surface area contributed by atoms with Crippen LogP contribution in [0.3, 0.4) is 0 Å². The summed E-state index contributed by atoms with van der Waals surface area (Å²) in [6.07, 6.45) is -0.425. The van der Waals surface area contributed by atoms with Crippen molar-refractivity contribution in [1.82, 2.24) is 9.21 Å². The van der Waals surface area contributed by atoms with Crippen molar-refractivity contribution >= 4 is 37.6 Å². The van der Waals surface area contributed by atoms with Crippen LogP contribution in [0.25, 0.3) is 0 Å². The van der Waals surface area contributed by atoms with E-state index in [-0.39, 0.29) is 49.0 Å². The van der Waals surface area contributed by atoms with Crippen molar-refractivity contribution < 1.29 is 27.6 Å². The Hall–Kier alpha value is -4.72. The van der Waals surface area contributed by atoms with Gasteiger partial charge in [-0.05, 0) is 46.9 Å². The molecule has 0 amide bonds. The molecule has 0 saturated carbocycles. The number of para-hydroxylation sites is 1. The molecule has 7 rings (SSSR count). The van der Waals surface area contributed by atoms with Gasteiger partial charge in [-0.1, -0.05) is 131 Å². The zero-order chi connectivity index (χ0) is 37.9. The zero-order valence-electron chi connectivity index (χ0n) is 29.6. The highest BCUT2D eigenvalue weighted by molar-refractivity contribution is 9.10. The highest BCUT2D eigenvalue weighted by Crippen LogP contribution is 2.47. The minimum absolute atomic E-state index is 0.0179. The van der Waals surface area contributed by atoms with Crippen molar-refractivity contribution in [3.8, 4) is 0 Å². The van der Waals surface area contributed by atoms with Crippen LogP contribution in [0.15, 0.2) is 149 Å². The first kappa shape index (κ1) is 37.6. The number of carbonyl (C=O) groups excluding carboxylic acids is 1. The van der Waals surface area contributed by atoms with Gasteiger partial charge in [0.2, 0.25) is 10.0 Å². The Morgan fingerprint density at radius 2 is 1.35 bits per heavy atom. The molecule has 0 spiro atoms. The molecule has 4 atom stereocenters. The average molecular weight is 811 g/mol. The van der Waals surface area contributed by atoms with Crippen molar-refractivity contribution in [3.05, 3.63) is 176 Å². The summed E-state index contributed by atoms with van der Waals surface area (Å²) < 4.78 is 44.1. The molecule has 12 heteroatoms. The fraction of sp³-hybridized carbons (Fsp3) is 0.262. The molecule has 0 bridgehead atoms. The highest BCUT2D eigenvalue weighted by Gasteiger charge is 2.53. The van der Waals surface area contributed by atoms with Gasteiger partial charge in [-0.15, -0.1) is 0 Å². The number of fused-ring (bicyclic) bond motifs is 1. The van der Waals surface area contributed by atoms with Crippen LogP contribution in [0.4, 0.5) is 5.69 Å². The summed E-state index contributed by atoms with van der Waals surface area (Å²) in [5.41, 5.74) is 2.35. The largest absolute Gasteiger partial charge is 0.461 e. The molecule has 2 aliphatic rings. The Morgan fingerprint density at radius 3 is 1.89 bits per heavy atom. The molecule has 54 heavy (non-hydrogen) atoms. The van der Waals surface area contributed by atoms with Crippen LogP contribution in [-0.2, 0) is 29.9 Å². The van der Waals surface area contributed by atoms with Gasteiger partial charge >= 0.3 is 5.97 Å². The second-order valence-corrected chi connectivity index (χ2v) is 16.4. The predicted octanol–water partition coefficient (Wildman–Crippen LogP) is 7.53. The topological polar surface area (TPSA) is 119 Å². The number of nitro benzene ring substituents is 1. The number of sulfonamides is 1. The molecule has 0 radical (unpaired) electrons. The number of halogens is 1. The zero-order valence-corrected chi connectivity index (χ0v) is 32.0. The van der Waals surface area contributed by atoms with E-state index in [0.29, 0.717) is 6.54 Å². The standard InChI is InChI=1S/C42H40BrN3O7S/c1-30(47)53-36-25-26-44(54(50,51)40-20-12-11-19-37(40)46(48)49)28-38-41(31-21-23-35(43)24-22-31)39(45(38)27-36)29-52-42(32-13-5-2-6-14-32,33-15-7-3-8-16-33)34-17-9-4-10-18-34/h2-24,36,38-39,41H,25-29H2,1H3/t36-,38-,39+,41+/m0/s1. The number of esters is 1. The van der Waals surface area contributed by atoms with E-state index >= 15 is 0 Å². The van der Waals surface area contributed by atoms with Gasteiger partial charge < -0.3 is 9.47 Å². The van der Waals surface area contributed by atoms with Crippen LogP contribution in [-0.4, -0.2) is 72.9 Å². The lowest BCUT2D eigenvalue weighted by Gasteiger charge is -2.58. The van der Waals surface area contributed by atoms with Crippen molar-refractivity contribution in [2.45, 2.75) is 47.9 Å². The van der Waals surface area contributed by atoms with Crippen LogP contribution >= 0.6 is 15.9 Å². The molecular weight excluding hydrogens is 770 g/mol. The molecule has 2 fully saturated rings. The third-order valence-corrected chi connectivity index (χ3v) is 12.9. The summed E-state index contributed by atoms with van der Waals surface area (Å²) in [5, 5.41) is 12.0. The molecule has 5 aromatic rings. The first-order valence-corrected chi connectivity index (χ1v) is 20.1. The van der Waals surface area contributed by atoms with E-state index in [0.717, 1.165) is 26.7 Å². The van der Waals surface area contributed by atoms with Gasteiger partial charge in [0.1, 0.15) is 11.7 Å². The van der Waals surface area contributed by atoms with Crippen LogP contribution in [0.5, 0.6) is 0 Å². The number of benzene rings is 5. The van der Waals surface area contributed by atoms with E-state index in [1.807, 2.05) is 78.9 Å². The predicted molar refractivity (Wildman–Crippen MR) is 208 cm³/mol. The molecule has 0 N–H and O–H groups in total. The minimum Gasteiger partial charge on any atom is -0.461 e. The average Bonchev–Trinajstić information content (AvgIpc) is 3.18. The second-order valence-electron chi connectivity index (χ2n) is 13.6. The quantitative estimate of drug-likeness (QED) is 0.0582. The summed E-state index contributed by atoms with van der Waals surface area (Å²) >= 11 is 3.56. The summed E-state index contributed by atoms with van der Waals surface area (Å²) in [7, 11) is -4.34. The molecule has 2 heterocycles. The Labute approximate surface area is 323 Å². The van der Waals surface area contributed by atoms with Gasteiger partial charge in [0.15, 0.2) is 4.90 Å². The fourth-order valence-corrected chi connectivity index (χ4v) is 9.93. The number of carbonyl (C=O) groups is 1. The number of hydrogen-bond acceptors (Lipinski definition) is 8. The maximum atomic E-state index is 14.3. The first-order valence-electron chi connectivity index (χ1n) is 17.8. The molecule has 10 nitrogen and oxygen atoms in total. The Kier molecular flexibility index (Phi) is 11.1. The maximum absolute atomic E-state index is 14.3. The van der Waals surface area contributed by atoms with E-state index < -0.39 is 38.3 Å². The molecule has 5 aromatic carbocycles. The van der Waals surface area contributed by atoms with Crippen LogP contribution in [0.2, 0.25) is 0 Å². The number of nitro groups is 1. The Morgan fingerprint density at radius 1 is 0.815 bits per heavy atom. The third-order valence-electron chi connectivity index (χ3n) is 10.5. The fourth-order valence-electron chi connectivity index (χ4n) is 8.04. The summed E-state index contributed by atoms with van der Waals surface area (Å²) in [5.74, 6) is -0.683. The SMILES string of the molecule is CC(=O)O[C@H]1CCN(S(=O)(=O)c2ccccc2[N+](=O)[O-])C[C@H]2[C@@H](c3ccc(Br)cc3)[C@@H](COC(c3ccccc3)(c3ccccc3)c3ccccc3)N2C1. The van der Waals surface area contributed by atoms with E-state index in [1.165, 1.54) is 35.5 Å². The lowest BCUT2D eigenvalue weighted by molar-refractivity contribution is -0.387. The minimum atomic E-state index is -4.34. The van der Waals surface area contributed by atoms with E-state index in [2.05, 4.69) is 57.2 Å². The van der Waals surface area contributed by atoms with Crippen molar-refractivity contribution in [1.29, 1.82) is 0 Å². The van der Waals surface area contributed by atoms with Gasteiger partial charge in [0.25, 0.3) is 5.69 Å². The number of hydrogen-bond donors (Lipinski definition) is 0. The lowest BCUT2D eigenvalue weighted by Crippen LogP contribution is -2.70. The van der Waals surface area contributed by atoms with Gasteiger partial charge in [-0.2, -0.15) is 4.31 Å². The molecular formula is C42H40BrN3O7S. The van der Waals surface area contributed by atoms with Crippen molar-refractivity contribution in [2.24, 2.45) is 0 Å². The molecule has 0 unspecified atom stereocenters. The smallest absolute Gasteiger partial charge is 0.302 e. The second kappa shape index (κ2) is 15.9. The van der Waals surface area contributed by atoms with Gasteiger partial charge in [-0.3, -0.25) is 19.8 Å². The molecule has 2 saturated heterocycles. The summed E-state index contributed by atoms with van der Waals surface area (Å²) in [6.45, 7) is 2.02. The van der Waals surface area contributed by atoms with E-state index in [4.69, 9.17) is 9.47 Å². The summed E-state index contributed by atoms with van der Waals surface area (Å²) in [6, 6.07) is 43.0. The highest BCUT2D eigenvalue weighted by atomic mass is 79.9. The third kappa shape index (κ3) is 7.36. The van der Waals surface area contributed by atoms with E-state index in [9.17, 15) is 23.3 Å². The van der Waals surface area contributed by atoms with E-state index in [1.54, 1.807) is 0 Å². The molecule has 0 aromatic heterocycles. The first-order chi connectivity index (χ1) is 26.1. The Balaban J connectivity index is 1.32. The number of ether oxygens (including phenoxy) is 2. The molecule has 2 aliphatic heterocycles. The van der Waals surface area contributed by atoms with Crippen LogP contribution in [0, 0.1) is 10.1 Å². The van der Waals surface area contributed by atoms with Crippen molar-refractivity contribution in [3.63, 3.8) is 0 Å². The summed E-state index contributed by atoms with van der Waals surface area (Å²) in [4.78, 5) is 25.5. The van der Waals surface area contributed by atoms with Crippen LogP contribution in [0.1, 0.15) is 41.5 Å². The van der Waals surface area contributed by atoms with Gasteiger partial charge in [0.05, 0.1) is 11.5 Å². The van der Waals surface area contributed by atoms with Gasteiger partial charge in [0, 0.05) is 55.1 Å².